The van der Waals surface area contributed by atoms with Crippen LogP contribution in [-0.4, -0.2) is 69.1 Å². The summed E-state index contributed by atoms with van der Waals surface area (Å²) < 4.78 is 5.58. The van der Waals surface area contributed by atoms with E-state index in [9.17, 15) is 9.59 Å². The van der Waals surface area contributed by atoms with E-state index in [0.29, 0.717) is 18.7 Å². The van der Waals surface area contributed by atoms with E-state index >= 15 is 0 Å². The Morgan fingerprint density at radius 2 is 2.08 bits per heavy atom. The molecule has 7 heteroatoms. The summed E-state index contributed by atoms with van der Waals surface area (Å²) in [5.41, 5.74) is 0.835. The third kappa shape index (κ3) is 5.44. The fourth-order valence-electron chi connectivity index (χ4n) is 3.33. The van der Waals surface area contributed by atoms with Crippen molar-refractivity contribution in [1.82, 2.24) is 15.5 Å². The van der Waals surface area contributed by atoms with Crippen molar-refractivity contribution in [2.45, 2.75) is 19.3 Å². The minimum absolute atomic E-state index is 0.00889. The summed E-state index contributed by atoms with van der Waals surface area (Å²) in [6.07, 6.45) is 2.43. The van der Waals surface area contributed by atoms with Crippen molar-refractivity contribution < 1.29 is 14.3 Å². The number of rotatable bonds is 8. The number of hydrogen-bond donors (Lipinski definition) is 2. The summed E-state index contributed by atoms with van der Waals surface area (Å²) in [5, 5.41) is 6.23. The number of amides is 2. The van der Waals surface area contributed by atoms with E-state index in [1.807, 2.05) is 24.3 Å². The molecule has 2 aliphatic heterocycles. The predicted molar refractivity (Wildman–Crippen MR) is 100 cm³/mol. The molecule has 2 fully saturated rings. The van der Waals surface area contributed by atoms with Gasteiger partial charge in [0.25, 0.3) is 5.91 Å². The highest BCUT2D eigenvalue weighted by Crippen LogP contribution is 2.25. The first kappa shape index (κ1) is 18.7. The number of piperazine rings is 1. The van der Waals surface area contributed by atoms with Gasteiger partial charge < -0.3 is 25.2 Å². The molecule has 0 radical (unpaired) electrons. The number of ether oxygens (including phenoxy) is 1. The van der Waals surface area contributed by atoms with Gasteiger partial charge in [0.1, 0.15) is 5.75 Å². The smallest absolute Gasteiger partial charge is 0.257 e. The monoisotopic (exact) mass is 360 g/mol. The fourth-order valence-corrected chi connectivity index (χ4v) is 3.33. The van der Waals surface area contributed by atoms with Gasteiger partial charge in [-0.3, -0.25) is 9.59 Å². The van der Waals surface area contributed by atoms with Gasteiger partial charge in [-0.25, -0.2) is 0 Å². The summed E-state index contributed by atoms with van der Waals surface area (Å²) in [6, 6.07) is 7.37. The average Bonchev–Trinajstić information content (AvgIpc) is 3.11. The van der Waals surface area contributed by atoms with Crippen molar-refractivity contribution >= 4 is 17.5 Å². The van der Waals surface area contributed by atoms with Gasteiger partial charge in [-0.2, -0.15) is 0 Å². The van der Waals surface area contributed by atoms with E-state index < -0.39 is 0 Å². The van der Waals surface area contributed by atoms with Crippen LogP contribution in [0.25, 0.3) is 0 Å². The van der Waals surface area contributed by atoms with Crippen LogP contribution in [0.5, 0.6) is 5.75 Å². The molecule has 2 N–H and O–H groups in total. The van der Waals surface area contributed by atoms with Crippen molar-refractivity contribution in [2.24, 2.45) is 0 Å². The third-order valence-corrected chi connectivity index (χ3v) is 4.76. The molecule has 0 bridgehead atoms. The first-order valence-corrected chi connectivity index (χ1v) is 9.45. The van der Waals surface area contributed by atoms with E-state index in [2.05, 4.69) is 15.5 Å². The average molecular weight is 360 g/mol. The molecule has 0 spiro atoms. The Morgan fingerprint density at radius 3 is 2.85 bits per heavy atom. The topological polar surface area (TPSA) is 73.9 Å². The van der Waals surface area contributed by atoms with Gasteiger partial charge in [0.05, 0.1) is 0 Å². The molecule has 2 aliphatic rings. The molecule has 2 amide bonds. The Hall–Kier alpha value is -2.12. The lowest BCUT2D eigenvalue weighted by molar-refractivity contribution is -0.123. The standard InChI is InChI=1S/C19H28N4O3/c24-18(21-7-3-10-22-12-8-20-9-13-22)15-26-17-5-1-4-16(14-17)23-11-2-6-19(23)25/h1,4-5,14,20H,2-3,6-13,15H2,(H,21,24). The number of carbonyl (C=O) groups is 2. The van der Waals surface area contributed by atoms with Crippen LogP contribution >= 0.6 is 0 Å². The van der Waals surface area contributed by atoms with Crippen LogP contribution in [-0.2, 0) is 9.59 Å². The van der Waals surface area contributed by atoms with Gasteiger partial charge in [0.15, 0.2) is 6.61 Å². The van der Waals surface area contributed by atoms with Crippen molar-refractivity contribution in [3.05, 3.63) is 24.3 Å². The maximum absolute atomic E-state index is 11.9. The first-order chi connectivity index (χ1) is 12.7. The van der Waals surface area contributed by atoms with Crippen LogP contribution in [0.1, 0.15) is 19.3 Å². The minimum Gasteiger partial charge on any atom is -0.484 e. The van der Waals surface area contributed by atoms with E-state index in [-0.39, 0.29) is 18.4 Å². The summed E-state index contributed by atoms with van der Waals surface area (Å²) in [6.45, 7) is 6.65. The lowest BCUT2D eigenvalue weighted by Gasteiger charge is -2.27. The largest absolute Gasteiger partial charge is 0.484 e. The van der Waals surface area contributed by atoms with Gasteiger partial charge in [-0.05, 0) is 31.5 Å². The second-order valence-corrected chi connectivity index (χ2v) is 6.73. The number of nitrogens with zero attached hydrogens (tertiary/aromatic N) is 2. The van der Waals surface area contributed by atoms with Crippen LogP contribution in [0.3, 0.4) is 0 Å². The first-order valence-electron chi connectivity index (χ1n) is 9.45. The molecule has 0 aromatic heterocycles. The van der Waals surface area contributed by atoms with Crippen LogP contribution in [0, 0.1) is 0 Å². The Kier molecular flexibility index (Phi) is 6.85. The number of hydrogen-bond acceptors (Lipinski definition) is 5. The van der Waals surface area contributed by atoms with Crippen LogP contribution in [0.15, 0.2) is 24.3 Å². The molecular formula is C19H28N4O3. The van der Waals surface area contributed by atoms with E-state index in [1.165, 1.54) is 0 Å². The van der Waals surface area contributed by atoms with Crippen molar-refractivity contribution in [2.75, 3.05) is 57.3 Å². The minimum atomic E-state index is -0.118. The molecule has 142 valence electrons. The molecule has 2 saturated heterocycles. The molecule has 7 nitrogen and oxygen atoms in total. The van der Waals surface area contributed by atoms with Crippen molar-refractivity contribution in [3.8, 4) is 5.75 Å². The molecule has 3 rings (SSSR count). The van der Waals surface area contributed by atoms with Gasteiger partial charge >= 0.3 is 0 Å². The molecule has 26 heavy (non-hydrogen) atoms. The van der Waals surface area contributed by atoms with Gasteiger partial charge in [0, 0.05) is 57.4 Å². The van der Waals surface area contributed by atoms with Crippen LogP contribution < -0.4 is 20.3 Å². The maximum atomic E-state index is 11.9. The Bertz CT molecular complexity index is 617. The molecule has 1 aromatic rings. The normalized spacial score (nSPS) is 18.2. The van der Waals surface area contributed by atoms with Gasteiger partial charge in [-0.15, -0.1) is 0 Å². The van der Waals surface area contributed by atoms with E-state index in [4.69, 9.17) is 4.74 Å². The van der Waals surface area contributed by atoms with Gasteiger partial charge in [0.2, 0.25) is 5.91 Å². The highest BCUT2D eigenvalue weighted by Gasteiger charge is 2.21. The summed E-state index contributed by atoms with van der Waals surface area (Å²) in [4.78, 5) is 27.9. The van der Waals surface area contributed by atoms with Gasteiger partial charge in [-0.1, -0.05) is 6.07 Å². The Labute approximate surface area is 154 Å². The summed E-state index contributed by atoms with van der Waals surface area (Å²) in [5.74, 6) is 0.635. The predicted octanol–water partition coefficient (Wildman–Crippen LogP) is 0.604. The summed E-state index contributed by atoms with van der Waals surface area (Å²) in [7, 11) is 0. The Morgan fingerprint density at radius 1 is 1.23 bits per heavy atom. The lowest BCUT2D eigenvalue weighted by Crippen LogP contribution is -2.44. The van der Waals surface area contributed by atoms with E-state index in [1.54, 1.807) is 4.90 Å². The number of anilines is 1. The third-order valence-electron chi connectivity index (χ3n) is 4.76. The highest BCUT2D eigenvalue weighted by molar-refractivity contribution is 5.95. The quantitative estimate of drug-likeness (QED) is 0.665. The number of nitrogens with one attached hydrogen (secondary N) is 2. The molecule has 0 saturated carbocycles. The van der Waals surface area contributed by atoms with Crippen LogP contribution in [0.2, 0.25) is 0 Å². The van der Waals surface area contributed by atoms with Crippen molar-refractivity contribution in [1.29, 1.82) is 0 Å². The molecule has 1 aromatic carbocycles. The molecule has 0 unspecified atom stereocenters. The molecular weight excluding hydrogens is 332 g/mol. The van der Waals surface area contributed by atoms with E-state index in [0.717, 1.165) is 57.8 Å². The van der Waals surface area contributed by atoms with Crippen molar-refractivity contribution in [3.63, 3.8) is 0 Å². The maximum Gasteiger partial charge on any atom is 0.257 e. The zero-order chi connectivity index (χ0) is 18.2. The molecule has 0 aliphatic carbocycles. The zero-order valence-corrected chi connectivity index (χ0v) is 15.2. The zero-order valence-electron chi connectivity index (χ0n) is 15.2. The molecule has 0 atom stereocenters. The summed E-state index contributed by atoms with van der Waals surface area (Å²) >= 11 is 0. The number of benzene rings is 1. The second-order valence-electron chi connectivity index (χ2n) is 6.73. The number of carbonyl (C=O) groups excluding carboxylic acids is 2. The molecule has 2 heterocycles. The SMILES string of the molecule is O=C(COc1cccc(N2CCCC2=O)c1)NCCCN1CCNCC1. The fraction of sp³-hybridized carbons (Fsp3) is 0.579. The highest BCUT2D eigenvalue weighted by atomic mass is 16.5. The lowest BCUT2D eigenvalue weighted by atomic mass is 10.3. The second kappa shape index (κ2) is 9.54. The van der Waals surface area contributed by atoms with Crippen LogP contribution in [0.4, 0.5) is 5.69 Å². The Balaban J connectivity index is 1.35.